The molecule has 0 saturated heterocycles. The maximum absolute atomic E-state index is 12.1. The number of hydrogen-bond acceptors (Lipinski definition) is 7. The number of rotatable bonds is 8. The van der Waals surface area contributed by atoms with Gasteiger partial charge in [0.1, 0.15) is 0 Å². The number of aromatic nitrogens is 2. The van der Waals surface area contributed by atoms with Crippen LogP contribution in [0.1, 0.15) is 55.8 Å². The van der Waals surface area contributed by atoms with Gasteiger partial charge in [-0.3, -0.25) is 9.59 Å². The van der Waals surface area contributed by atoms with Crippen molar-refractivity contribution >= 4 is 45.6 Å². The zero-order valence-electron chi connectivity index (χ0n) is 15.4. The molecular formula is C19H24N4O2S2. The molecule has 27 heavy (non-hydrogen) atoms. The smallest absolute Gasteiger partial charge is 0.225 e. The Morgan fingerprint density at radius 3 is 2.59 bits per heavy atom. The average molecular weight is 405 g/mol. The summed E-state index contributed by atoms with van der Waals surface area (Å²) in [4.78, 5) is 23.3. The van der Waals surface area contributed by atoms with Gasteiger partial charge in [-0.2, -0.15) is 0 Å². The number of anilines is 2. The van der Waals surface area contributed by atoms with Gasteiger partial charge in [0.2, 0.25) is 11.0 Å². The summed E-state index contributed by atoms with van der Waals surface area (Å²) in [7, 11) is 0. The molecule has 8 heteroatoms. The monoisotopic (exact) mass is 404 g/mol. The minimum absolute atomic E-state index is 0.0127. The van der Waals surface area contributed by atoms with Gasteiger partial charge in [0.25, 0.3) is 0 Å². The predicted molar refractivity (Wildman–Crippen MR) is 111 cm³/mol. The minimum Gasteiger partial charge on any atom is -0.357 e. The van der Waals surface area contributed by atoms with Crippen LogP contribution < -0.4 is 10.6 Å². The highest BCUT2D eigenvalue weighted by Gasteiger charge is 2.15. The fourth-order valence-electron chi connectivity index (χ4n) is 2.99. The van der Waals surface area contributed by atoms with Crippen molar-refractivity contribution in [3.05, 3.63) is 29.8 Å². The number of Topliss-reactive ketones (excluding diaryl/α,β-unsaturated/α-hetero) is 1. The van der Waals surface area contributed by atoms with E-state index in [4.69, 9.17) is 0 Å². The predicted octanol–water partition coefficient (Wildman–Crippen LogP) is 4.61. The molecule has 0 bridgehead atoms. The summed E-state index contributed by atoms with van der Waals surface area (Å²) in [6.07, 6.45) is 6.70. The number of carbonyl (C=O) groups excluding carboxylic acids is 2. The molecular weight excluding hydrogens is 380 g/mol. The number of ketones is 1. The maximum atomic E-state index is 12.1. The van der Waals surface area contributed by atoms with E-state index < -0.39 is 0 Å². The second kappa shape index (κ2) is 9.85. The highest BCUT2D eigenvalue weighted by Crippen LogP contribution is 2.28. The number of nitrogens with zero attached hydrogens (tertiary/aromatic N) is 2. The van der Waals surface area contributed by atoms with Crippen LogP contribution in [0.3, 0.4) is 0 Å². The standard InChI is InChI=1S/C19H24N4O2S2/c1-13(24)14-7-9-16(10-8-14)20-17(25)11-12-26-19-23-22-18(27-19)21-15-5-3-2-4-6-15/h7-10,15H,2-6,11-12H2,1H3,(H,20,25)(H,21,22). The van der Waals surface area contributed by atoms with E-state index in [0.717, 1.165) is 9.47 Å². The zero-order valence-corrected chi connectivity index (χ0v) is 17.0. The van der Waals surface area contributed by atoms with E-state index in [2.05, 4.69) is 20.8 Å². The second-order valence-corrected chi connectivity index (χ2v) is 8.95. The third-order valence-electron chi connectivity index (χ3n) is 4.47. The normalized spacial score (nSPS) is 14.7. The highest BCUT2D eigenvalue weighted by atomic mass is 32.2. The van der Waals surface area contributed by atoms with Crippen LogP contribution in [-0.2, 0) is 4.79 Å². The lowest BCUT2D eigenvalue weighted by atomic mass is 9.96. The number of nitrogens with one attached hydrogen (secondary N) is 2. The molecule has 2 aromatic rings. The van der Waals surface area contributed by atoms with Crippen molar-refractivity contribution in [1.82, 2.24) is 10.2 Å². The molecule has 3 rings (SSSR count). The van der Waals surface area contributed by atoms with Crippen molar-refractivity contribution in [1.29, 1.82) is 0 Å². The van der Waals surface area contributed by atoms with E-state index in [1.165, 1.54) is 39.0 Å². The Morgan fingerprint density at radius 1 is 1.15 bits per heavy atom. The van der Waals surface area contributed by atoms with Crippen LogP contribution in [-0.4, -0.2) is 33.7 Å². The van der Waals surface area contributed by atoms with Crippen molar-refractivity contribution < 1.29 is 9.59 Å². The first kappa shape index (κ1) is 19.8. The summed E-state index contributed by atoms with van der Waals surface area (Å²) in [5.41, 5.74) is 1.34. The lowest BCUT2D eigenvalue weighted by Gasteiger charge is -2.21. The van der Waals surface area contributed by atoms with Crippen LogP contribution in [0.2, 0.25) is 0 Å². The van der Waals surface area contributed by atoms with Crippen molar-refractivity contribution in [3.63, 3.8) is 0 Å². The number of thioether (sulfide) groups is 1. The Morgan fingerprint density at radius 2 is 1.89 bits per heavy atom. The molecule has 1 aromatic carbocycles. The second-order valence-electron chi connectivity index (χ2n) is 6.63. The number of benzene rings is 1. The van der Waals surface area contributed by atoms with Gasteiger partial charge in [-0.25, -0.2) is 0 Å². The molecule has 144 valence electrons. The molecule has 1 amide bonds. The van der Waals surface area contributed by atoms with Crippen LogP contribution >= 0.6 is 23.1 Å². The van der Waals surface area contributed by atoms with Crippen LogP contribution in [0, 0.1) is 0 Å². The third kappa shape index (κ3) is 6.32. The summed E-state index contributed by atoms with van der Waals surface area (Å²) in [6.45, 7) is 1.52. The summed E-state index contributed by atoms with van der Waals surface area (Å²) in [5, 5.41) is 15.6. The Hall–Kier alpha value is -1.93. The Balaban J connectivity index is 1.39. The number of amides is 1. The topological polar surface area (TPSA) is 84.0 Å². The van der Waals surface area contributed by atoms with Crippen molar-refractivity contribution in [3.8, 4) is 0 Å². The molecule has 0 atom stereocenters. The molecule has 0 spiro atoms. The number of carbonyl (C=O) groups is 2. The van der Waals surface area contributed by atoms with Gasteiger partial charge in [0, 0.05) is 29.5 Å². The van der Waals surface area contributed by atoms with Crippen LogP contribution in [0.15, 0.2) is 28.6 Å². The van der Waals surface area contributed by atoms with E-state index in [9.17, 15) is 9.59 Å². The van der Waals surface area contributed by atoms with Crippen molar-refractivity contribution in [2.24, 2.45) is 0 Å². The number of hydrogen-bond donors (Lipinski definition) is 2. The van der Waals surface area contributed by atoms with Gasteiger partial charge in [-0.05, 0) is 44.0 Å². The summed E-state index contributed by atoms with van der Waals surface area (Å²) >= 11 is 3.10. The summed E-state index contributed by atoms with van der Waals surface area (Å²) in [6, 6.07) is 7.44. The molecule has 1 aliphatic rings. The maximum Gasteiger partial charge on any atom is 0.225 e. The first-order valence-electron chi connectivity index (χ1n) is 9.24. The minimum atomic E-state index is -0.0526. The Kier molecular flexibility index (Phi) is 7.23. The summed E-state index contributed by atoms with van der Waals surface area (Å²) < 4.78 is 0.881. The Labute approximate surface area is 167 Å². The van der Waals surface area contributed by atoms with E-state index in [0.29, 0.717) is 29.5 Å². The fourth-order valence-corrected chi connectivity index (χ4v) is 4.83. The van der Waals surface area contributed by atoms with Crippen LogP contribution in [0.25, 0.3) is 0 Å². The molecule has 6 nitrogen and oxygen atoms in total. The van der Waals surface area contributed by atoms with Gasteiger partial charge in [0.15, 0.2) is 10.1 Å². The Bertz CT molecular complexity index is 770. The lowest BCUT2D eigenvalue weighted by molar-refractivity contribution is -0.115. The first-order valence-corrected chi connectivity index (χ1v) is 11.0. The first-order chi connectivity index (χ1) is 13.1. The summed E-state index contributed by atoms with van der Waals surface area (Å²) in [5.74, 6) is 0.608. The molecule has 1 saturated carbocycles. The van der Waals surface area contributed by atoms with Crippen LogP contribution in [0.4, 0.5) is 10.8 Å². The van der Waals surface area contributed by atoms with Gasteiger partial charge < -0.3 is 10.6 Å². The van der Waals surface area contributed by atoms with Crippen LogP contribution in [0.5, 0.6) is 0 Å². The quantitative estimate of drug-likeness (QED) is 0.494. The fraction of sp³-hybridized carbons (Fsp3) is 0.474. The molecule has 0 aliphatic heterocycles. The highest BCUT2D eigenvalue weighted by molar-refractivity contribution is 8.01. The van der Waals surface area contributed by atoms with E-state index in [1.807, 2.05) is 0 Å². The third-order valence-corrected chi connectivity index (χ3v) is 6.46. The SMILES string of the molecule is CC(=O)c1ccc(NC(=O)CCSc2nnc(NC3CCCCC3)s2)cc1. The largest absolute Gasteiger partial charge is 0.357 e. The zero-order chi connectivity index (χ0) is 19.1. The molecule has 2 N–H and O–H groups in total. The van der Waals surface area contributed by atoms with E-state index in [1.54, 1.807) is 47.4 Å². The van der Waals surface area contributed by atoms with Gasteiger partial charge in [-0.1, -0.05) is 42.4 Å². The molecule has 1 aliphatic carbocycles. The molecule has 0 radical (unpaired) electrons. The van der Waals surface area contributed by atoms with E-state index in [-0.39, 0.29) is 11.7 Å². The van der Waals surface area contributed by atoms with Crippen molar-refractivity contribution in [2.75, 3.05) is 16.4 Å². The van der Waals surface area contributed by atoms with Gasteiger partial charge in [0.05, 0.1) is 0 Å². The molecule has 1 aromatic heterocycles. The molecule has 0 unspecified atom stereocenters. The van der Waals surface area contributed by atoms with Gasteiger partial charge in [-0.15, -0.1) is 10.2 Å². The van der Waals surface area contributed by atoms with Gasteiger partial charge >= 0.3 is 0 Å². The van der Waals surface area contributed by atoms with Crippen molar-refractivity contribution in [2.45, 2.75) is 55.8 Å². The van der Waals surface area contributed by atoms with E-state index >= 15 is 0 Å². The molecule has 1 fully saturated rings. The average Bonchev–Trinajstić information content (AvgIpc) is 3.10. The lowest BCUT2D eigenvalue weighted by Crippen LogP contribution is -2.21. The molecule has 1 heterocycles.